The first-order valence-electron chi connectivity index (χ1n) is 11.9. The number of hydrogen-bond donors (Lipinski definition) is 0. The van der Waals surface area contributed by atoms with Crippen LogP contribution in [0.25, 0.3) is 0 Å². The third-order valence-corrected chi connectivity index (χ3v) is 15.2. The van der Waals surface area contributed by atoms with Gasteiger partial charge >= 0.3 is 178 Å². The van der Waals surface area contributed by atoms with Gasteiger partial charge in [-0.3, -0.25) is 0 Å². The molecule has 0 aromatic heterocycles. The molecule has 0 nitrogen and oxygen atoms in total. The van der Waals surface area contributed by atoms with Gasteiger partial charge in [0.25, 0.3) is 0 Å². The second kappa shape index (κ2) is 9.50. The summed E-state index contributed by atoms with van der Waals surface area (Å²) in [5, 5.41) is 0. The van der Waals surface area contributed by atoms with E-state index in [1.54, 1.807) is 12.8 Å². The normalized spacial score (nSPS) is 48.4. The molecule has 6 rings (SSSR count). The van der Waals surface area contributed by atoms with Crippen molar-refractivity contribution in [2.75, 3.05) is 0 Å². The molecule has 0 radical (unpaired) electrons. The molecule has 0 saturated heterocycles. The quantitative estimate of drug-likeness (QED) is 0.523. The van der Waals surface area contributed by atoms with Crippen molar-refractivity contribution in [3.05, 3.63) is 48.6 Å². The zero-order valence-electron chi connectivity index (χ0n) is 17.3. The Hall–Kier alpha value is 0.423. The van der Waals surface area contributed by atoms with Crippen LogP contribution >= 0.6 is 0 Å². The molecule has 3 heteroatoms. The van der Waals surface area contributed by atoms with Crippen LogP contribution in [-0.4, -0.2) is 0 Å². The Morgan fingerprint density at radius 1 is 0.448 bits per heavy atom. The van der Waals surface area contributed by atoms with Gasteiger partial charge in [0.05, 0.1) is 0 Å². The fourth-order valence-electron chi connectivity index (χ4n) is 8.34. The van der Waals surface area contributed by atoms with Crippen molar-refractivity contribution in [1.29, 1.82) is 0 Å². The number of halogens is 2. The molecule has 29 heavy (non-hydrogen) atoms. The molecule has 0 aliphatic heterocycles. The fourth-order valence-corrected chi connectivity index (χ4v) is 15.4. The Balaban J connectivity index is 0.00000102. The zero-order chi connectivity index (χ0) is 17.8. The molecule has 0 aromatic rings. The molecule has 0 amide bonds. The largest absolute Gasteiger partial charge is 1.00 e. The van der Waals surface area contributed by atoms with Crippen LogP contribution in [0.15, 0.2) is 48.6 Å². The van der Waals surface area contributed by atoms with Gasteiger partial charge in [0.2, 0.25) is 0 Å². The number of allylic oxidation sites excluding steroid dienone is 8. The van der Waals surface area contributed by atoms with E-state index in [9.17, 15) is 0 Å². The van der Waals surface area contributed by atoms with E-state index in [0.29, 0.717) is 0 Å². The average Bonchev–Trinajstić information content (AvgIpc) is 3.23. The van der Waals surface area contributed by atoms with Gasteiger partial charge in [-0.15, -0.1) is 0 Å². The maximum Gasteiger partial charge on any atom is -1.00 e. The van der Waals surface area contributed by atoms with Crippen LogP contribution in [0.1, 0.15) is 51.4 Å². The third kappa shape index (κ3) is 3.78. The van der Waals surface area contributed by atoms with Crippen molar-refractivity contribution in [1.82, 2.24) is 0 Å². The smallest absolute Gasteiger partial charge is 1.00 e. The van der Waals surface area contributed by atoms with Crippen LogP contribution in [0.3, 0.4) is 0 Å². The second-order valence-corrected chi connectivity index (χ2v) is 14.4. The molecule has 0 bridgehead atoms. The van der Waals surface area contributed by atoms with Crippen LogP contribution in [0.4, 0.5) is 0 Å². The van der Waals surface area contributed by atoms with Crippen molar-refractivity contribution in [3.8, 4) is 0 Å². The van der Waals surface area contributed by atoms with Gasteiger partial charge in [-0.2, -0.15) is 0 Å². The van der Waals surface area contributed by atoms with Crippen molar-refractivity contribution < 1.29 is 48.0 Å². The van der Waals surface area contributed by atoms with Crippen LogP contribution in [-0.2, 0) is 23.2 Å². The van der Waals surface area contributed by atoms with Crippen molar-refractivity contribution in [2.24, 2.45) is 47.3 Å². The van der Waals surface area contributed by atoms with Gasteiger partial charge in [-0.1, -0.05) is 0 Å². The Labute approximate surface area is 201 Å². The van der Waals surface area contributed by atoms with Gasteiger partial charge in [0.1, 0.15) is 0 Å². The fraction of sp³-hybridized carbons (Fsp3) is 0.692. The van der Waals surface area contributed by atoms with Gasteiger partial charge in [0.15, 0.2) is 0 Å². The SMILES string of the molecule is C1=CC2C(C=C1)[CH]([Zr+2][CH]1C3C=CC=CC3C3CCCCC31)C1CCCCC21.[Cl-].[Cl-]. The van der Waals surface area contributed by atoms with E-state index in [-0.39, 0.29) is 24.8 Å². The summed E-state index contributed by atoms with van der Waals surface area (Å²) in [6.45, 7) is 0. The van der Waals surface area contributed by atoms with E-state index in [0.717, 1.165) is 54.6 Å². The number of hydrogen-bond acceptors (Lipinski definition) is 0. The van der Waals surface area contributed by atoms with E-state index in [2.05, 4.69) is 48.6 Å². The minimum atomic E-state index is -0.427. The summed E-state index contributed by atoms with van der Waals surface area (Å²) in [5.74, 6) is 7.94. The van der Waals surface area contributed by atoms with Crippen LogP contribution in [0.5, 0.6) is 0 Å². The van der Waals surface area contributed by atoms with Crippen LogP contribution in [0.2, 0.25) is 7.25 Å². The average molecular weight is 509 g/mol. The van der Waals surface area contributed by atoms with Gasteiger partial charge < -0.3 is 24.8 Å². The monoisotopic (exact) mass is 506 g/mol. The molecule has 10 unspecified atom stereocenters. The molecule has 0 spiro atoms. The zero-order valence-corrected chi connectivity index (χ0v) is 21.3. The first kappa shape index (κ1) is 22.6. The number of fused-ring (bicyclic) bond motifs is 6. The Kier molecular flexibility index (Phi) is 7.41. The molecule has 6 aliphatic carbocycles. The summed E-state index contributed by atoms with van der Waals surface area (Å²) < 4.78 is 2.27. The van der Waals surface area contributed by atoms with Crippen molar-refractivity contribution in [3.63, 3.8) is 0 Å². The van der Waals surface area contributed by atoms with Crippen LogP contribution in [0, 0.1) is 47.3 Å². The molecule has 6 aliphatic rings. The number of rotatable bonds is 2. The topological polar surface area (TPSA) is 0 Å². The molecule has 10 atom stereocenters. The van der Waals surface area contributed by atoms with E-state index in [1.807, 2.05) is 0 Å². The second-order valence-electron chi connectivity index (χ2n) is 10.3. The predicted molar refractivity (Wildman–Crippen MR) is 109 cm³/mol. The Morgan fingerprint density at radius 3 is 1.21 bits per heavy atom. The summed E-state index contributed by atoms with van der Waals surface area (Å²) in [5.41, 5.74) is 0. The maximum absolute atomic E-state index is 2.66. The Bertz CT molecular complexity index is 637. The summed E-state index contributed by atoms with van der Waals surface area (Å²) in [7, 11) is 0. The van der Waals surface area contributed by atoms with E-state index >= 15 is 0 Å². The summed E-state index contributed by atoms with van der Waals surface area (Å²) in [6.07, 6.45) is 32.4. The molecule has 0 heterocycles. The van der Waals surface area contributed by atoms with Crippen molar-refractivity contribution in [2.45, 2.75) is 58.6 Å². The first-order valence-corrected chi connectivity index (χ1v) is 14.7. The minimum Gasteiger partial charge on any atom is -1.00 e. The van der Waals surface area contributed by atoms with Crippen LogP contribution < -0.4 is 24.8 Å². The predicted octanol–water partition coefficient (Wildman–Crippen LogP) is 1.01. The molecular formula is C26H34Cl2Zr. The summed E-state index contributed by atoms with van der Waals surface area (Å²) in [6, 6.07) is 0. The first-order chi connectivity index (χ1) is 13.4. The van der Waals surface area contributed by atoms with Gasteiger partial charge in [-0.05, 0) is 0 Å². The summed E-state index contributed by atoms with van der Waals surface area (Å²) in [4.78, 5) is 0. The molecule has 4 saturated carbocycles. The van der Waals surface area contributed by atoms with E-state index in [4.69, 9.17) is 0 Å². The van der Waals surface area contributed by atoms with E-state index in [1.165, 1.54) is 38.5 Å². The molecule has 0 N–H and O–H groups in total. The van der Waals surface area contributed by atoms with Gasteiger partial charge in [-0.25, -0.2) is 0 Å². The molecular weight excluding hydrogens is 474 g/mol. The van der Waals surface area contributed by atoms with Gasteiger partial charge in [0, 0.05) is 0 Å². The molecule has 156 valence electrons. The third-order valence-electron chi connectivity index (χ3n) is 9.32. The Morgan fingerprint density at radius 2 is 0.793 bits per heavy atom. The van der Waals surface area contributed by atoms with E-state index < -0.39 is 23.2 Å². The standard InChI is InChI=1S/2C13H17.2ClH.Zr/c2*1-3-7-12-10(5-1)9-11-6-2-4-8-13(11)12;;;/h2*1,3,5,7,9-13H,2,4,6,8H2;2*1H;/q;;;;+2/p-2. The summed E-state index contributed by atoms with van der Waals surface area (Å²) >= 11 is -0.427. The van der Waals surface area contributed by atoms with Crippen molar-refractivity contribution >= 4 is 0 Å². The molecule has 4 fully saturated rings. The minimum absolute atomic E-state index is 0. The molecule has 0 aromatic carbocycles. The maximum atomic E-state index is 2.66.